The first-order valence-corrected chi connectivity index (χ1v) is 15.2. The molecule has 2 atom stereocenters. The molecule has 0 bridgehead atoms. The van der Waals surface area contributed by atoms with Crippen LogP contribution in [0.15, 0.2) is 28.6 Å². The highest BCUT2D eigenvalue weighted by molar-refractivity contribution is 7.93. The molecule has 1 aliphatic heterocycles. The minimum absolute atomic E-state index is 0.0291. The Balaban J connectivity index is 1.45. The van der Waals surface area contributed by atoms with E-state index in [9.17, 15) is 22.4 Å². The summed E-state index contributed by atoms with van der Waals surface area (Å²) in [5, 5.41) is 4.81. The van der Waals surface area contributed by atoms with Crippen LogP contribution in [0.5, 0.6) is 0 Å². The summed E-state index contributed by atoms with van der Waals surface area (Å²) in [5.41, 5.74) is -0.344. The lowest BCUT2D eigenvalue weighted by Gasteiger charge is -2.28. The average Bonchev–Trinajstić information content (AvgIpc) is 3.45. The third kappa shape index (κ3) is 8.28. The number of likely N-dealkylation sites (tertiary alicyclic amines) is 1. The molecule has 2 aromatic rings. The van der Waals surface area contributed by atoms with Crippen LogP contribution >= 0.6 is 22.9 Å². The number of carbonyl (C=O) groups excluding carboxylic acids is 2. The van der Waals surface area contributed by atoms with Gasteiger partial charge in [-0.2, -0.15) is 0 Å². The van der Waals surface area contributed by atoms with E-state index in [0.717, 1.165) is 29.9 Å². The van der Waals surface area contributed by atoms with Gasteiger partial charge in [-0.15, -0.1) is 11.3 Å². The van der Waals surface area contributed by atoms with Crippen molar-refractivity contribution >= 4 is 55.7 Å². The van der Waals surface area contributed by atoms with E-state index in [1.807, 2.05) is 6.92 Å². The van der Waals surface area contributed by atoms with Crippen molar-refractivity contribution in [1.29, 1.82) is 0 Å². The minimum Gasteiger partial charge on any atom is -0.444 e. The van der Waals surface area contributed by atoms with Gasteiger partial charge in [0.15, 0.2) is 10.9 Å². The van der Waals surface area contributed by atoms with E-state index >= 15 is 0 Å². The highest BCUT2D eigenvalue weighted by Gasteiger charge is 2.39. The summed E-state index contributed by atoms with van der Waals surface area (Å²) in [6.45, 7) is 8.38. The number of hydrogen-bond acceptors (Lipinski definition) is 8. The summed E-state index contributed by atoms with van der Waals surface area (Å²) in [4.78, 5) is 30.2. The van der Waals surface area contributed by atoms with Gasteiger partial charge in [0, 0.05) is 31.1 Å². The van der Waals surface area contributed by atoms with Crippen LogP contribution in [0.25, 0.3) is 0 Å². The number of anilines is 2. The monoisotopic (exact) mass is 588 g/mol. The number of unbranched alkanes of at least 4 members (excludes halogenated alkanes) is 2. The van der Waals surface area contributed by atoms with E-state index in [0.29, 0.717) is 38.8 Å². The highest BCUT2D eigenvalue weighted by Crippen LogP contribution is 2.30. The lowest BCUT2D eigenvalue weighted by atomic mass is 10.0. The van der Waals surface area contributed by atoms with Crippen molar-refractivity contribution in [2.24, 2.45) is 5.92 Å². The number of Topliss-reactive ketones (excluding diaryl/α,β-unsaturated/α-hetero) is 1. The second-order valence-corrected chi connectivity index (χ2v) is 13.4. The number of ether oxygens (including phenoxy) is 1. The molecule has 1 aromatic carbocycles. The quantitative estimate of drug-likeness (QED) is 0.313. The van der Waals surface area contributed by atoms with Crippen molar-refractivity contribution < 1.29 is 27.1 Å². The summed E-state index contributed by atoms with van der Waals surface area (Å²) < 4.78 is 47.3. The fourth-order valence-electron chi connectivity index (χ4n) is 4.18. The molecular weight excluding hydrogens is 555 g/mol. The SMILES string of the molecule is C[C@H]1C[C@@H](C(=O)CCCCCNc2cc(F)c(S(=O)(=O)Nc3nccs3)cc2Cl)N(C(=O)OC(C)(C)C)C1. The molecule has 0 radical (unpaired) electrons. The zero-order valence-corrected chi connectivity index (χ0v) is 24.3. The molecule has 38 heavy (non-hydrogen) atoms. The van der Waals surface area contributed by atoms with E-state index in [2.05, 4.69) is 15.0 Å². The molecule has 0 saturated carbocycles. The molecule has 1 aromatic heterocycles. The molecule has 1 amide bonds. The van der Waals surface area contributed by atoms with Crippen LogP contribution in [-0.4, -0.2) is 54.9 Å². The third-order valence-electron chi connectivity index (χ3n) is 5.89. The molecule has 3 rings (SSSR count). The maximum absolute atomic E-state index is 14.6. The predicted molar refractivity (Wildman–Crippen MR) is 147 cm³/mol. The van der Waals surface area contributed by atoms with Crippen molar-refractivity contribution in [2.45, 2.75) is 76.3 Å². The van der Waals surface area contributed by atoms with Crippen molar-refractivity contribution in [2.75, 3.05) is 23.1 Å². The minimum atomic E-state index is -4.18. The van der Waals surface area contributed by atoms with Gasteiger partial charge in [-0.3, -0.25) is 14.4 Å². The Morgan fingerprint density at radius 1 is 1.26 bits per heavy atom. The Hall–Kier alpha value is -2.44. The number of amides is 1. The maximum atomic E-state index is 14.6. The van der Waals surface area contributed by atoms with E-state index in [4.69, 9.17) is 16.3 Å². The number of halogens is 2. The molecule has 0 unspecified atom stereocenters. The first-order valence-electron chi connectivity index (χ1n) is 12.4. The van der Waals surface area contributed by atoms with Crippen LogP contribution in [0.1, 0.15) is 59.8 Å². The van der Waals surface area contributed by atoms with Crippen molar-refractivity contribution in [3.8, 4) is 0 Å². The largest absolute Gasteiger partial charge is 0.444 e. The molecule has 0 spiro atoms. The molecule has 0 aliphatic carbocycles. The smallest absolute Gasteiger partial charge is 0.410 e. The Bertz CT molecular complexity index is 1240. The molecule has 9 nitrogen and oxygen atoms in total. The molecule has 2 heterocycles. The normalized spacial score (nSPS) is 17.9. The standard InChI is InChI=1S/C25H34ClFN4O5S2/c1-16-12-20(31(15-16)24(33)36-25(2,3)4)21(32)8-6-5-7-9-28-19-14-18(27)22(13-17(19)26)38(34,35)30-23-29-10-11-37-23/h10-11,13-14,16,20,28H,5-9,12,15H2,1-4H3,(H,29,30)/t16-,20-/m0/s1. The first kappa shape index (κ1) is 30.1. The fraction of sp³-hybridized carbons (Fsp3) is 0.560. The third-order valence-corrected chi connectivity index (χ3v) is 8.37. The Labute approximate surface area is 232 Å². The van der Waals surface area contributed by atoms with Gasteiger partial charge in [0.1, 0.15) is 16.3 Å². The number of benzene rings is 1. The number of ketones is 1. The molecule has 1 aliphatic rings. The summed E-state index contributed by atoms with van der Waals surface area (Å²) in [7, 11) is -4.18. The predicted octanol–water partition coefficient (Wildman–Crippen LogP) is 5.92. The van der Waals surface area contributed by atoms with Gasteiger partial charge in [0.2, 0.25) is 0 Å². The van der Waals surface area contributed by atoms with E-state index in [-0.39, 0.29) is 27.5 Å². The van der Waals surface area contributed by atoms with Gasteiger partial charge in [0.05, 0.1) is 16.8 Å². The number of thiazole rings is 1. The lowest BCUT2D eigenvalue weighted by molar-refractivity contribution is -0.123. The molecule has 13 heteroatoms. The average molecular weight is 589 g/mol. The van der Waals surface area contributed by atoms with Gasteiger partial charge < -0.3 is 10.1 Å². The summed E-state index contributed by atoms with van der Waals surface area (Å²) >= 11 is 7.29. The number of sulfonamides is 1. The Morgan fingerprint density at radius 3 is 2.66 bits per heavy atom. The zero-order chi connectivity index (χ0) is 28.1. The van der Waals surface area contributed by atoms with Gasteiger partial charge in [-0.05, 0) is 58.1 Å². The van der Waals surface area contributed by atoms with Gasteiger partial charge in [-0.25, -0.2) is 22.6 Å². The number of carbonyl (C=O) groups is 2. The van der Waals surface area contributed by atoms with Gasteiger partial charge >= 0.3 is 6.09 Å². The molecule has 210 valence electrons. The fourth-order valence-corrected chi connectivity index (χ4v) is 6.35. The van der Waals surface area contributed by atoms with Crippen LogP contribution in [0.4, 0.5) is 20.0 Å². The highest BCUT2D eigenvalue weighted by atomic mass is 35.5. The van der Waals surface area contributed by atoms with Crippen LogP contribution < -0.4 is 10.0 Å². The summed E-state index contributed by atoms with van der Waals surface area (Å²) in [5.74, 6) is -0.677. The summed E-state index contributed by atoms with van der Waals surface area (Å²) in [6.07, 6.45) is 4.04. The topological polar surface area (TPSA) is 118 Å². The molecule has 1 saturated heterocycles. The van der Waals surface area contributed by atoms with Crippen LogP contribution in [0.3, 0.4) is 0 Å². The van der Waals surface area contributed by atoms with Crippen LogP contribution in [0.2, 0.25) is 5.02 Å². The van der Waals surface area contributed by atoms with E-state index < -0.39 is 38.5 Å². The zero-order valence-electron chi connectivity index (χ0n) is 21.9. The van der Waals surface area contributed by atoms with Gasteiger partial charge in [-0.1, -0.05) is 24.9 Å². The van der Waals surface area contributed by atoms with Crippen LogP contribution in [-0.2, 0) is 19.6 Å². The van der Waals surface area contributed by atoms with Crippen molar-refractivity contribution in [3.05, 3.63) is 34.5 Å². The number of hydrogen-bond donors (Lipinski definition) is 2. The maximum Gasteiger partial charge on any atom is 0.410 e. The molecular formula is C25H34ClFN4O5S2. The number of nitrogens with zero attached hydrogens (tertiary/aromatic N) is 2. The van der Waals surface area contributed by atoms with Crippen LogP contribution in [0, 0.1) is 11.7 Å². The summed E-state index contributed by atoms with van der Waals surface area (Å²) in [6, 6.07) is 1.65. The number of nitrogens with one attached hydrogen (secondary N) is 2. The second kappa shape index (κ2) is 12.6. The van der Waals surface area contributed by atoms with E-state index in [1.54, 1.807) is 31.1 Å². The number of rotatable bonds is 11. The second-order valence-electron chi connectivity index (χ2n) is 10.4. The van der Waals surface area contributed by atoms with E-state index in [1.165, 1.54) is 6.20 Å². The molecule has 2 N–H and O–H groups in total. The Kier molecular flexibility index (Phi) is 9.99. The van der Waals surface area contributed by atoms with Crippen molar-refractivity contribution in [1.82, 2.24) is 9.88 Å². The number of aromatic nitrogens is 1. The Morgan fingerprint density at radius 2 is 2.00 bits per heavy atom. The van der Waals surface area contributed by atoms with Crippen molar-refractivity contribution in [3.63, 3.8) is 0 Å². The van der Waals surface area contributed by atoms with Gasteiger partial charge in [0.25, 0.3) is 10.0 Å². The lowest BCUT2D eigenvalue weighted by Crippen LogP contribution is -2.43. The molecule has 1 fully saturated rings. The first-order chi connectivity index (χ1) is 17.8.